The van der Waals surface area contributed by atoms with Gasteiger partial charge < -0.3 is 15.2 Å². The Morgan fingerprint density at radius 3 is 2.26 bits per heavy atom. The van der Waals surface area contributed by atoms with Crippen molar-refractivity contribution in [3.05, 3.63) is 47.2 Å². The van der Waals surface area contributed by atoms with Gasteiger partial charge in [-0.3, -0.25) is 9.59 Å². The summed E-state index contributed by atoms with van der Waals surface area (Å²) in [6.07, 6.45) is 0.934. The van der Waals surface area contributed by atoms with E-state index >= 15 is 0 Å². The molecule has 0 aliphatic heterocycles. The third kappa shape index (κ3) is 4.95. The van der Waals surface area contributed by atoms with E-state index in [0.717, 1.165) is 6.42 Å². The van der Waals surface area contributed by atoms with Crippen LogP contribution >= 0.6 is 0 Å². The van der Waals surface area contributed by atoms with Crippen LogP contribution in [0.25, 0.3) is 0 Å². The molecule has 0 radical (unpaired) electrons. The van der Waals surface area contributed by atoms with Gasteiger partial charge in [0, 0.05) is 23.7 Å². The lowest BCUT2D eigenvalue weighted by Crippen LogP contribution is -2.25. The number of hydrogen-bond donors (Lipinski definition) is 2. The van der Waals surface area contributed by atoms with Gasteiger partial charge in [-0.05, 0) is 43.5 Å². The van der Waals surface area contributed by atoms with Crippen molar-refractivity contribution < 1.29 is 14.1 Å². The van der Waals surface area contributed by atoms with E-state index < -0.39 is 0 Å². The molecule has 6 nitrogen and oxygen atoms in total. The number of anilines is 1. The Bertz CT molecular complexity index is 675. The molecule has 0 saturated carbocycles. The first-order valence-electron chi connectivity index (χ1n) is 7.58. The van der Waals surface area contributed by atoms with E-state index in [1.807, 2.05) is 0 Å². The largest absolute Gasteiger partial charge is 0.360 e. The number of nitrogens with one attached hydrogen (secondary N) is 2. The molecule has 1 aromatic heterocycles. The molecular formula is C17H21N3O3. The van der Waals surface area contributed by atoms with Crippen LogP contribution in [0.4, 0.5) is 5.82 Å². The summed E-state index contributed by atoms with van der Waals surface area (Å²) in [5.74, 6) is 1.09. The maximum Gasteiger partial charge on any atom is 0.256 e. The van der Waals surface area contributed by atoms with E-state index in [1.165, 1.54) is 0 Å². The van der Waals surface area contributed by atoms with Crippen LogP contribution < -0.4 is 10.6 Å². The second-order valence-electron chi connectivity index (χ2n) is 5.79. The van der Waals surface area contributed by atoms with Gasteiger partial charge in [-0.15, -0.1) is 0 Å². The molecule has 2 amide bonds. The number of nitrogens with zero attached hydrogens (tertiary/aromatic N) is 1. The first kappa shape index (κ1) is 16.7. The lowest BCUT2D eigenvalue weighted by atomic mass is 10.1. The molecule has 23 heavy (non-hydrogen) atoms. The van der Waals surface area contributed by atoms with Crippen LogP contribution in [0.2, 0.25) is 0 Å². The third-order valence-corrected chi connectivity index (χ3v) is 3.29. The van der Waals surface area contributed by atoms with Crippen LogP contribution in [0.1, 0.15) is 46.7 Å². The Labute approximate surface area is 135 Å². The summed E-state index contributed by atoms with van der Waals surface area (Å²) in [5.41, 5.74) is 0.979. The van der Waals surface area contributed by atoms with E-state index in [4.69, 9.17) is 4.52 Å². The van der Waals surface area contributed by atoms with Crippen molar-refractivity contribution in [2.45, 2.75) is 27.2 Å². The average Bonchev–Trinajstić information content (AvgIpc) is 2.92. The summed E-state index contributed by atoms with van der Waals surface area (Å²) in [6.45, 7) is 6.60. The van der Waals surface area contributed by atoms with Gasteiger partial charge in [-0.1, -0.05) is 19.0 Å². The number of carbonyl (C=O) groups is 2. The number of aryl methyl sites for hydroxylation is 1. The molecule has 0 bridgehead atoms. The molecule has 1 heterocycles. The maximum atomic E-state index is 12.1. The highest BCUT2D eigenvalue weighted by Crippen LogP contribution is 2.11. The smallest absolute Gasteiger partial charge is 0.256 e. The fourth-order valence-electron chi connectivity index (χ4n) is 1.96. The summed E-state index contributed by atoms with van der Waals surface area (Å²) in [7, 11) is 0. The first-order chi connectivity index (χ1) is 11.0. The SMILES string of the molecule is Cc1cc(NC(=O)c2ccc(C(=O)NCCC(C)C)cc2)no1. The van der Waals surface area contributed by atoms with Crippen molar-refractivity contribution in [3.8, 4) is 0 Å². The quantitative estimate of drug-likeness (QED) is 0.858. The zero-order chi connectivity index (χ0) is 16.8. The zero-order valence-corrected chi connectivity index (χ0v) is 13.6. The van der Waals surface area contributed by atoms with Gasteiger partial charge in [-0.25, -0.2) is 0 Å². The Kier molecular flexibility index (Phi) is 5.51. The van der Waals surface area contributed by atoms with Gasteiger partial charge in [0.15, 0.2) is 5.82 Å². The van der Waals surface area contributed by atoms with Crippen molar-refractivity contribution >= 4 is 17.6 Å². The fraction of sp³-hybridized carbons (Fsp3) is 0.353. The molecule has 0 atom stereocenters. The summed E-state index contributed by atoms with van der Waals surface area (Å²) >= 11 is 0. The maximum absolute atomic E-state index is 12.1. The second kappa shape index (κ2) is 7.58. The standard InChI is InChI=1S/C17H21N3O3/c1-11(2)8-9-18-16(21)13-4-6-14(7-5-13)17(22)19-15-10-12(3)23-20-15/h4-7,10-11H,8-9H2,1-3H3,(H,18,21)(H,19,20,22). The number of benzene rings is 1. The third-order valence-electron chi connectivity index (χ3n) is 3.29. The van der Waals surface area contributed by atoms with E-state index in [2.05, 4.69) is 29.6 Å². The summed E-state index contributed by atoms with van der Waals surface area (Å²) < 4.78 is 4.89. The van der Waals surface area contributed by atoms with Crippen LogP contribution in [0.3, 0.4) is 0 Å². The van der Waals surface area contributed by atoms with Gasteiger partial charge in [0.2, 0.25) is 0 Å². The number of rotatable bonds is 6. The summed E-state index contributed by atoms with van der Waals surface area (Å²) in [5, 5.41) is 9.19. The highest BCUT2D eigenvalue weighted by molar-refractivity contribution is 6.04. The molecule has 0 aliphatic carbocycles. The van der Waals surface area contributed by atoms with Crippen molar-refractivity contribution in [1.29, 1.82) is 0 Å². The van der Waals surface area contributed by atoms with Gasteiger partial charge in [-0.2, -0.15) is 0 Å². The first-order valence-corrected chi connectivity index (χ1v) is 7.58. The Morgan fingerprint density at radius 1 is 1.13 bits per heavy atom. The van der Waals surface area contributed by atoms with E-state index in [1.54, 1.807) is 37.3 Å². The van der Waals surface area contributed by atoms with Crippen LogP contribution in [0, 0.1) is 12.8 Å². The molecule has 1 aromatic carbocycles. The van der Waals surface area contributed by atoms with Gasteiger partial charge in [0.1, 0.15) is 5.76 Å². The minimum absolute atomic E-state index is 0.135. The lowest BCUT2D eigenvalue weighted by molar-refractivity contribution is 0.0950. The predicted molar refractivity (Wildman–Crippen MR) is 87.4 cm³/mol. The average molecular weight is 315 g/mol. The monoisotopic (exact) mass is 315 g/mol. The molecule has 6 heteroatoms. The molecule has 2 aromatic rings. The molecule has 2 N–H and O–H groups in total. The zero-order valence-electron chi connectivity index (χ0n) is 13.6. The van der Waals surface area contributed by atoms with Crippen molar-refractivity contribution in [3.63, 3.8) is 0 Å². The van der Waals surface area contributed by atoms with Crippen LogP contribution in [-0.2, 0) is 0 Å². The molecule has 0 spiro atoms. The van der Waals surface area contributed by atoms with Crippen molar-refractivity contribution in [2.75, 3.05) is 11.9 Å². The predicted octanol–water partition coefficient (Wildman–Crippen LogP) is 3.01. The highest BCUT2D eigenvalue weighted by atomic mass is 16.5. The number of aromatic nitrogens is 1. The van der Waals surface area contributed by atoms with Gasteiger partial charge >= 0.3 is 0 Å². The molecular weight excluding hydrogens is 294 g/mol. The molecule has 0 unspecified atom stereocenters. The minimum atomic E-state index is -0.301. The fourth-order valence-corrected chi connectivity index (χ4v) is 1.96. The molecule has 122 valence electrons. The molecule has 0 saturated heterocycles. The Hall–Kier alpha value is -2.63. The van der Waals surface area contributed by atoms with Crippen LogP contribution in [0.5, 0.6) is 0 Å². The van der Waals surface area contributed by atoms with Crippen LogP contribution in [0.15, 0.2) is 34.9 Å². The normalized spacial score (nSPS) is 10.6. The Morgan fingerprint density at radius 2 is 1.74 bits per heavy atom. The van der Waals surface area contributed by atoms with Crippen LogP contribution in [-0.4, -0.2) is 23.5 Å². The molecule has 0 aliphatic rings. The van der Waals surface area contributed by atoms with Gasteiger partial charge in [0.25, 0.3) is 11.8 Å². The Balaban J connectivity index is 1.93. The highest BCUT2D eigenvalue weighted by Gasteiger charge is 2.11. The number of carbonyl (C=O) groups excluding carboxylic acids is 2. The minimum Gasteiger partial charge on any atom is -0.360 e. The summed E-state index contributed by atoms with van der Waals surface area (Å²) in [6, 6.07) is 8.12. The summed E-state index contributed by atoms with van der Waals surface area (Å²) in [4.78, 5) is 24.0. The van der Waals surface area contributed by atoms with E-state index in [-0.39, 0.29) is 11.8 Å². The van der Waals surface area contributed by atoms with E-state index in [9.17, 15) is 9.59 Å². The van der Waals surface area contributed by atoms with Crippen molar-refractivity contribution in [2.24, 2.45) is 5.92 Å². The lowest BCUT2D eigenvalue weighted by Gasteiger charge is -2.07. The molecule has 2 rings (SSSR count). The number of amides is 2. The number of hydrogen-bond acceptors (Lipinski definition) is 4. The van der Waals surface area contributed by atoms with E-state index in [0.29, 0.717) is 35.2 Å². The van der Waals surface area contributed by atoms with Gasteiger partial charge in [0.05, 0.1) is 0 Å². The molecule has 0 fully saturated rings. The second-order valence-corrected chi connectivity index (χ2v) is 5.79. The topological polar surface area (TPSA) is 84.2 Å². The van der Waals surface area contributed by atoms with Crippen molar-refractivity contribution in [1.82, 2.24) is 10.5 Å².